The van der Waals surface area contributed by atoms with Crippen LogP contribution >= 0.6 is 12.4 Å². The predicted molar refractivity (Wildman–Crippen MR) is 126 cm³/mol. The van der Waals surface area contributed by atoms with Crippen molar-refractivity contribution < 1.29 is 4.42 Å². The second-order valence-corrected chi connectivity index (χ2v) is 8.06. The standard InChI is InChI=1S/C25H22N2O3.ClH/c1-27-15-12-19-21(28)20(16-8-10-18(11-9-16)25(26)13-5-14-25)22(30-23(19)24(27)29)17-6-3-2-4-7-17;/h2-4,6-12,15H,5,13-14,26H2,1H3;1H. The van der Waals surface area contributed by atoms with Gasteiger partial charge in [-0.1, -0.05) is 54.6 Å². The number of fused-ring (bicyclic) bond motifs is 1. The molecule has 31 heavy (non-hydrogen) atoms. The Morgan fingerprint density at radius 1 is 0.935 bits per heavy atom. The van der Waals surface area contributed by atoms with E-state index in [9.17, 15) is 9.59 Å². The van der Waals surface area contributed by atoms with Crippen LogP contribution < -0.4 is 16.7 Å². The van der Waals surface area contributed by atoms with Crippen LogP contribution in [0.2, 0.25) is 0 Å². The van der Waals surface area contributed by atoms with E-state index in [1.165, 1.54) is 4.57 Å². The summed E-state index contributed by atoms with van der Waals surface area (Å²) in [6.07, 6.45) is 4.68. The van der Waals surface area contributed by atoms with E-state index in [1.54, 1.807) is 19.3 Å². The summed E-state index contributed by atoms with van der Waals surface area (Å²) in [4.78, 5) is 26.1. The highest BCUT2D eigenvalue weighted by Crippen LogP contribution is 2.39. The van der Waals surface area contributed by atoms with Gasteiger partial charge < -0.3 is 14.7 Å². The van der Waals surface area contributed by atoms with E-state index in [-0.39, 0.29) is 39.9 Å². The molecule has 0 spiro atoms. The normalized spacial score (nSPS) is 14.6. The minimum atomic E-state index is -0.335. The number of nitrogens with two attached hydrogens (primary N) is 1. The van der Waals surface area contributed by atoms with Crippen LogP contribution in [0.1, 0.15) is 24.8 Å². The van der Waals surface area contributed by atoms with Crippen LogP contribution in [0.3, 0.4) is 0 Å². The van der Waals surface area contributed by atoms with Gasteiger partial charge in [0.25, 0.3) is 5.56 Å². The largest absolute Gasteiger partial charge is 0.449 e. The Morgan fingerprint density at radius 2 is 1.61 bits per heavy atom. The van der Waals surface area contributed by atoms with Crippen LogP contribution in [0.4, 0.5) is 0 Å². The number of pyridine rings is 1. The van der Waals surface area contributed by atoms with Crippen molar-refractivity contribution >= 4 is 23.4 Å². The molecule has 5 rings (SSSR count). The van der Waals surface area contributed by atoms with Crippen molar-refractivity contribution in [2.75, 3.05) is 0 Å². The van der Waals surface area contributed by atoms with Crippen molar-refractivity contribution in [2.24, 2.45) is 12.8 Å². The molecule has 2 aromatic heterocycles. The minimum absolute atomic E-state index is 0. The van der Waals surface area contributed by atoms with Gasteiger partial charge in [0.05, 0.1) is 10.9 Å². The van der Waals surface area contributed by atoms with E-state index >= 15 is 0 Å². The molecule has 0 aliphatic heterocycles. The lowest BCUT2D eigenvalue weighted by atomic mass is 9.72. The zero-order valence-electron chi connectivity index (χ0n) is 17.1. The van der Waals surface area contributed by atoms with Crippen LogP contribution in [0.15, 0.2) is 80.9 Å². The quantitative estimate of drug-likeness (QED) is 0.511. The fourth-order valence-electron chi connectivity index (χ4n) is 4.14. The first-order valence-corrected chi connectivity index (χ1v) is 10.1. The second kappa shape index (κ2) is 7.84. The fourth-order valence-corrected chi connectivity index (χ4v) is 4.14. The summed E-state index contributed by atoms with van der Waals surface area (Å²) in [6, 6.07) is 18.9. The van der Waals surface area contributed by atoms with Gasteiger partial charge in [-0.05, 0) is 36.5 Å². The minimum Gasteiger partial charge on any atom is -0.449 e. The number of aryl methyl sites for hydroxylation is 1. The molecule has 1 aliphatic rings. The summed E-state index contributed by atoms with van der Waals surface area (Å²) in [5, 5.41) is 0.283. The highest BCUT2D eigenvalue weighted by Gasteiger charge is 2.34. The lowest BCUT2D eigenvalue weighted by molar-refractivity contribution is 0.253. The first kappa shape index (κ1) is 21.1. The fraction of sp³-hybridized carbons (Fsp3) is 0.200. The molecular formula is C25H23ClN2O3. The molecule has 158 valence electrons. The lowest BCUT2D eigenvalue weighted by Crippen LogP contribution is -2.43. The number of hydrogen-bond donors (Lipinski definition) is 1. The van der Waals surface area contributed by atoms with Crippen molar-refractivity contribution in [2.45, 2.75) is 24.8 Å². The molecule has 0 bridgehead atoms. The molecule has 1 aliphatic carbocycles. The van der Waals surface area contributed by atoms with E-state index < -0.39 is 0 Å². The highest BCUT2D eigenvalue weighted by atomic mass is 35.5. The lowest BCUT2D eigenvalue weighted by Gasteiger charge is -2.38. The first-order valence-electron chi connectivity index (χ1n) is 10.1. The maximum atomic E-state index is 13.5. The topological polar surface area (TPSA) is 78.2 Å². The summed E-state index contributed by atoms with van der Waals surface area (Å²) in [5.74, 6) is 0.398. The van der Waals surface area contributed by atoms with E-state index in [0.29, 0.717) is 11.3 Å². The summed E-state index contributed by atoms with van der Waals surface area (Å²) in [5.41, 5.74) is 8.73. The predicted octanol–water partition coefficient (Wildman–Crippen LogP) is 4.59. The third kappa shape index (κ3) is 3.40. The van der Waals surface area contributed by atoms with Crippen molar-refractivity contribution in [3.05, 3.63) is 93.0 Å². The number of nitrogens with zero attached hydrogens (tertiary/aromatic N) is 1. The molecule has 2 aromatic carbocycles. The number of rotatable bonds is 3. The molecule has 0 amide bonds. The van der Waals surface area contributed by atoms with Gasteiger partial charge in [0.1, 0.15) is 5.76 Å². The number of aromatic nitrogens is 1. The van der Waals surface area contributed by atoms with Crippen LogP contribution in [-0.2, 0) is 12.6 Å². The molecule has 6 heteroatoms. The number of hydrogen-bond acceptors (Lipinski definition) is 4. The molecule has 5 nitrogen and oxygen atoms in total. The van der Waals surface area contributed by atoms with E-state index in [1.807, 2.05) is 54.6 Å². The Labute approximate surface area is 185 Å². The Bertz CT molecular complexity index is 1370. The van der Waals surface area contributed by atoms with Crippen molar-refractivity contribution in [1.29, 1.82) is 0 Å². The van der Waals surface area contributed by atoms with Gasteiger partial charge in [-0.15, -0.1) is 12.4 Å². The van der Waals surface area contributed by atoms with Gasteiger partial charge in [-0.2, -0.15) is 0 Å². The summed E-state index contributed by atoms with van der Waals surface area (Å²) >= 11 is 0. The Kier molecular flexibility index (Phi) is 5.33. The molecule has 0 saturated heterocycles. The van der Waals surface area contributed by atoms with Crippen LogP contribution in [-0.4, -0.2) is 4.57 Å². The average Bonchev–Trinajstić information content (AvgIpc) is 2.75. The van der Waals surface area contributed by atoms with Gasteiger partial charge >= 0.3 is 0 Å². The van der Waals surface area contributed by atoms with E-state index in [0.717, 1.165) is 36.0 Å². The van der Waals surface area contributed by atoms with Crippen LogP contribution in [0, 0.1) is 0 Å². The summed E-state index contributed by atoms with van der Waals surface area (Å²) < 4.78 is 7.51. The zero-order chi connectivity index (χ0) is 20.9. The van der Waals surface area contributed by atoms with Crippen LogP contribution in [0.5, 0.6) is 0 Å². The number of halogens is 1. The monoisotopic (exact) mass is 434 g/mol. The zero-order valence-corrected chi connectivity index (χ0v) is 17.9. The molecule has 4 aromatic rings. The molecule has 0 atom stereocenters. The Morgan fingerprint density at radius 3 is 2.23 bits per heavy atom. The second-order valence-electron chi connectivity index (χ2n) is 8.06. The Balaban J connectivity index is 0.00000231. The number of benzene rings is 2. The summed E-state index contributed by atoms with van der Waals surface area (Å²) in [6.45, 7) is 0. The first-order chi connectivity index (χ1) is 14.5. The smallest absolute Gasteiger partial charge is 0.294 e. The van der Waals surface area contributed by atoms with E-state index in [2.05, 4.69) is 0 Å². The van der Waals surface area contributed by atoms with Gasteiger partial charge in [0.2, 0.25) is 11.0 Å². The van der Waals surface area contributed by atoms with Crippen molar-refractivity contribution in [3.63, 3.8) is 0 Å². The molecule has 0 radical (unpaired) electrons. The maximum Gasteiger partial charge on any atom is 0.294 e. The molecule has 0 unspecified atom stereocenters. The third-order valence-electron chi connectivity index (χ3n) is 6.16. The van der Waals surface area contributed by atoms with Crippen molar-refractivity contribution in [3.8, 4) is 22.5 Å². The molecule has 1 fully saturated rings. The summed E-state index contributed by atoms with van der Waals surface area (Å²) in [7, 11) is 1.64. The molecular weight excluding hydrogens is 412 g/mol. The van der Waals surface area contributed by atoms with E-state index in [4.69, 9.17) is 10.2 Å². The molecule has 1 saturated carbocycles. The average molecular weight is 435 g/mol. The van der Waals surface area contributed by atoms with Gasteiger partial charge in [0, 0.05) is 24.3 Å². The van der Waals surface area contributed by atoms with Crippen LogP contribution in [0.25, 0.3) is 33.4 Å². The third-order valence-corrected chi connectivity index (χ3v) is 6.16. The molecule has 2 heterocycles. The SMILES string of the molecule is Cl.Cn1ccc2c(=O)c(-c3ccc(C4(N)CCC4)cc3)c(-c3ccccc3)oc2c1=O. The van der Waals surface area contributed by atoms with Gasteiger partial charge in [-0.25, -0.2) is 0 Å². The van der Waals surface area contributed by atoms with Crippen molar-refractivity contribution in [1.82, 2.24) is 4.57 Å². The highest BCUT2D eigenvalue weighted by molar-refractivity contribution is 5.88. The molecule has 2 N–H and O–H groups in total. The maximum absolute atomic E-state index is 13.5. The van der Waals surface area contributed by atoms with Gasteiger partial charge in [-0.3, -0.25) is 9.59 Å². The van der Waals surface area contributed by atoms with Gasteiger partial charge in [0.15, 0.2) is 0 Å². The Hall–Kier alpha value is -3.15.